The summed E-state index contributed by atoms with van der Waals surface area (Å²) in [4.78, 5) is 0. The maximum absolute atomic E-state index is 11.3. The first-order valence-electron chi connectivity index (χ1n) is 4.26. The molecule has 1 heterocycles. The Morgan fingerprint density at radius 1 is 1.62 bits per heavy atom. The third-order valence-corrected chi connectivity index (χ3v) is 3.67. The smallest absolute Gasteiger partial charge is 0.219 e. The van der Waals surface area contributed by atoms with Crippen molar-refractivity contribution in [2.75, 3.05) is 19.8 Å². The van der Waals surface area contributed by atoms with Gasteiger partial charge in [0.25, 0.3) is 0 Å². The molecule has 1 aliphatic rings. The van der Waals surface area contributed by atoms with Crippen LogP contribution >= 0.6 is 0 Å². The predicted molar refractivity (Wildman–Crippen MR) is 47.8 cm³/mol. The first kappa shape index (κ1) is 10.9. The molecule has 0 spiro atoms. The lowest BCUT2D eigenvalue weighted by molar-refractivity contribution is 0.0411. The van der Waals surface area contributed by atoms with Gasteiger partial charge in [-0.1, -0.05) is 0 Å². The van der Waals surface area contributed by atoms with Crippen LogP contribution in [0.1, 0.15) is 13.3 Å². The largest absolute Gasteiger partial charge is 0.393 e. The molecule has 0 aromatic heterocycles. The normalized spacial score (nSPS) is 21.1. The lowest BCUT2D eigenvalue weighted by Crippen LogP contribution is -2.47. The molecule has 0 saturated carbocycles. The molecule has 0 aromatic rings. The lowest BCUT2D eigenvalue weighted by Gasteiger charge is -2.25. The standard InChI is InChI=1S/C7H15NO4S/c1-6(9)2-3-8-13(10,11)7-4-12-5-7/h6-9H,2-5H2,1H3. The molecule has 78 valence electrons. The Morgan fingerprint density at radius 2 is 2.23 bits per heavy atom. The van der Waals surface area contributed by atoms with Crippen LogP contribution in [0.5, 0.6) is 0 Å². The summed E-state index contributed by atoms with van der Waals surface area (Å²) in [5.74, 6) is 0. The SMILES string of the molecule is CC(O)CCNS(=O)(=O)C1COC1. The quantitative estimate of drug-likeness (QED) is 0.614. The zero-order chi connectivity index (χ0) is 9.90. The molecule has 0 bridgehead atoms. The lowest BCUT2D eigenvalue weighted by atomic mass is 10.3. The van der Waals surface area contributed by atoms with Gasteiger partial charge in [-0.25, -0.2) is 13.1 Å². The molecule has 1 fully saturated rings. The van der Waals surface area contributed by atoms with Gasteiger partial charge in [0.2, 0.25) is 10.0 Å². The van der Waals surface area contributed by atoms with Gasteiger partial charge in [0.15, 0.2) is 0 Å². The Balaban J connectivity index is 2.26. The van der Waals surface area contributed by atoms with Crippen molar-refractivity contribution in [1.82, 2.24) is 4.72 Å². The Hall–Kier alpha value is -0.170. The van der Waals surface area contributed by atoms with E-state index in [1.165, 1.54) is 0 Å². The third-order valence-electron chi connectivity index (χ3n) is 1.91. The summed E-state index contributed by atoms with van der Waals surface area (Å²) in [5.41, 5.74) is 0. The van der Waals surface area contributed by atoms with E-state index >= 15 is 0 Å². The minimum absolute atomic E-state index is 0.282. The minimum atomic E-state index is -3.21. The molecule has 0 radical (unpaired) electrons. The van der Waals surface area contributed by atoms with E-state index in [0.29, 0.717) is 6.42 Å². The fourth-order valence-corrected chi connectivity index (χ4v) is 2.11. The van der Waals surface area contributed by atoms with Crippen molar-refractivity contribution in [2.45, 2.75) is 24.7 Å². The van der Waals surface area contributed by atoms with Gasteiger partial charge >= 0.3 is 0 Å². The second-order valence-corrected chi connectivity index (χ2v) is 5.28. The molecule has 0 amide bonds. The summed E-state index contributed by atoms with van der Waals surface area (Å²) in [6.45, 7) is 2.48. The van der Waals surface area contributed by atoms with Gasteiger partial charge in [0, 0.05) is 6.54 Å². The van der Waals surface area contributed by atoms with Crippen LogP contribution in [0.3, 0.4) is 0 Å². The molecule has 0 aromatic carbocycles. The highest BCUT2D eigenvalue weighted by Gasteiger charge is 2.31. The van der Waals surface area contributed by atoms with E-state index < -0.39 is 21.4 Å². The number of hydrogen-bond donors (Lipinski definition) is 2. The first-order valence-corrected chi connectivity index (χ1v) is 5.81. The van der Waals surface area contributed by atoms with Gasteiger partial charge in [-0.2, -0.15) is 0 Å². The average Bonchev–Trinajstić information content (AvgIpc) is 1.79. The maximum Gasteiger partial charge on any atom is 0.219 e. The van der Waals surface area contributed by atoms with E-state index in [4.69, 9.17) is 9.84 Å². The highest BCUT2D eigenvalue weighted by Crippen LogP contribution is 2.09. The second kappa shape index (κ2) is 4.36. The van der Waals surface area contributed by atoms with Gasteiger partial charge in [0.1, 0.15) is 5.25 Å². The summed E-state index contributed by atoms with van der Waals surface area (Å²) in [6, 6.07) is 0. The summed E-state index contributed by atoms with van der Waals surface area (Å²) in [5, 5.41) is 8.50. The van der Waals surface area contributed by atoms with Crippen molar-refractivity contribution < 1.29 is 18.3 Å². The molecule has 1 rings (SSSR count). The van der Waals surface area contributed by atoms with Crippen LogP contribution in [0, 0.1) is 0 Å². The fraction of sp³-hybridized carbons (Fsp3) is 1.00. The monoisotopic (exact) mass is 209 g/mol. The molecular formula is C7H15NO4S. The number of hydrogen-bond acceptors (Lipinski definition) is 4. The Kier molecular flexibility index (Phi) is 3.66. The molecule has 5 nitrogen and oxygen atoms in total. The highest BCUT2D eigenvalue weighted by molar-refractivity contribution is 7.90. The topological polar surface area (TPSA) is 75.6 Å². The molecule has 6 heteroatoms. The van der Waals surface area contributed by atoms with Crippen LogP contribution in [0.4, 0.5) is 0 Å². The number of sulfonamides is 1. The zero-order valence-electron chi connectivity index (χ0n) is 7.56. The van der Waals surface area contributed by atoms with Crippen molar-refractivity contribution in [2.24, 2.45) is 0 Å². The molecular weight excluding hydrogens is 194 g/mol. The molecule has 1 aliphatic heterocycles. The first-order chi connectivity index (χ1) is 6.02. The van der Waals surface area contributed by atoms with Crippen molar-refractivity contribution in [3.05, 3.63) is 0 Å². The van der Waals surface area contributed by atoms with Gasteiger partial charge in [-0.15, -0.1) is 0 Å². The number of nitrogens with one attached hydrogen (secondary N) is 1. The van der Waals surface area contributed by atoms with Gasteiger partial charge in [-0.05, 0) is 13.3 Å². The number of ether oxygens (including phenoxy) is 1. The number of aliphatic hydroxyl groups is 1. The van der Waals surface area contributed by atoms with Crippen molar-refractivity contribution >= 4 is 10.0 Å². The van der Waals surface area contributed by atoms with Crippen molar-refractivity contribution in [3.8, 4) is 0 Å². The Labute approximate surface area is 78.1 Å². The summed E-state index contributed by atoms with van der Waals surface area (Å²) >= 11 is 0. The predicted octanol–water partition coefficient (Wildman–Crippen LogP) is -0.924. The van der Waals surface area contributed by atoms with Crippen LogP contribution in [-0.2, 0) is 14.8 Å². The molecule has 1 unspecified atom stereocenters. The van der Waals surface area contributed by atoms with Crippen LogP contribution in [0.2, 0.25) is 0 Å². The number of rotatable bonds is 5. The molecule has 13 heavy (non-hydrogen) atoms. The van der Waals surface area contributed by atoms with Crippen molar-refractivity contribution in [1.29, 1.82) is 0 Å². The highest BCUT2D eigenvalue weighted by atomic mass is 32.2. The van der Waals surface area contributed by atoms with E-state index in [-0.39, 0.29) is 19.8 Å². The minimum Gasteiger partial charge on any atom is -0.393 e. The van der Waals surface area contributed by atoms with Crippen LogP contribution in [-0.4, -0.2) is 44.6 Å². The molecule has 1 saturated heterocycles. The summed E-state index contributed by atoms with van der Waals surface area (Å²) in [6.07, 6.45) is -0.0346. The molecule has 1 atom stereocenters. The third kappa shape index (κ3) is 3.22. The average molecular weight is 209 g/mol. The van der Waals surface area contributed by atoms with E-state index in [1.54, 1.807) is 6.92 Å². The van der Waals surface area contributed by atoms with Crippen LogP contribution < -0.4 is 4.72 Å². The zero-order valence-corrected chi connectivity index (χ0v) is 8.38. The van der Waals surface area contributed by atoms with Crippen LogP contribution in [0.15, 0.2) is 0 Å². The van der Waals surface area contributed by atoms with E-state index in [0.717, 1.165) is 0 Å². The van der Waals surface area contributed by atoms with E-state index in [2.05, 4.69) is 4.72 Å². The van der Waals surface area contributed by atoms with E-state index in [1.807, 2.05) is 0 Å². The van der Waals surface area contributed by atoms with Gasteiger partial charge in [0.05, 0.1) is 19.3 Å². The van der Waals surface area contributed by atoms with Gasteiger partial charge < -0.3 is 9.84 Å². The molecule has 0 aliphatic carbocycles. The Morgan fingerprint density at radius 3 is 2.62 bits per heavy atom. The fourth-order valence-electron chi connectivity index (χ4n) is 0.921. The molecule has 2 N–H and O–H groups in total. The van der Waals surface area contributed by atoms with Crippen LogP contribution in [0.25, 0.3) is 0 Å². The van der Waals surface area contributed by atoms with E-state index in [9.17, 15) is 8.42 Å². The number of aliphatic hydroxyl groups excluding tert-OH is 1. The summed E-state index contributed by atoms with van der Waals surface area (Å²) in [7, 11) is -3.21. The summed E-state index contributed by atoms with van der Waals surface area (Å²) < 4.78 is 29.8. The van der Waals surface area contributed by atoms with Crippen molar-refractivity contribution in [3.63, 3.8) is 0 Å². The van der Waals surface area contributed by atoms with Gasteiger partial charge in [-0.3, -0.25) is 0 Å². The Bertz CT molecular complexity index is 245. The second-order valence-electron chi connectivity index (χ2n) is 3.24. The maximum atomic E-state index is 11.3.